The minimum Gasteiger partial charge on any atom is -0.300 e. The number of carbonyl (C=O) groups is 2. The van der Waals surface area contributed by atoms with Crippen LogP contribution in [0.2, 0.25) is 5.02 Å². The van der Waals surface area contributed by atoms with E-state index in [9.17, 15) is 31.5 Å². The summed E-state index contributed by atoms with van der Waals surface area (Å²) >= 11 is 5.82. The Morgan fingerprint density at radius 3 is 2.05 bits per heavy atom. The molecule has 22 heavy (non-hydrogen) atoms. The first-order valence-electron chi connectivity index (χ1n) is 5.86. The van der Waals surface area contributed by atoms with Crippen LogP contribution in [0.5, 0.6) is 0 Å². The Bertz CT molecular complexity index is 557. The number of Topliss-reactive ketones (excluding diaryl/α,β-unsaturated/α-hetero) is 1. The highest BCUT2D eigenvalue weighted by atomic mass is 35.5. The van der Waals surface area contributed by atoms with Gasteiger partial charge in [0.25, 0.3) is 0 Å². The van der Waals surface area contributed by atoms with Gasteiger partial charge in [-0.3, -0.25) is 9.59 Å². The summed E-state index contributed by atoms with van der Waals surface area (Å²) in [6.45, 7) is 0.847. The van der Waals surface area contributed by atoms with Gasteiger partial charge in [-0.25, -0.2) is 0 Å². The Morgan fingerprint density at radius 2 is 1.64 bits per heavy atom. The minimum atomic E-state index is -5.91. The molecule has 1 atom stereocenters. The van der Waals surface area contributed by atoms with Crippen LogP contribution in [0.25, 0.3) is 0 Å². The van der Waals surface area contributed by atoms with Gasteiger partial charge >= 0.3 is 12.1 Å². The average molecular weight is 361 g/mol. The van der Waals surface area contributed by atoms with Crippen molar-refractivity contribution in [1.29, 1.82) is 0 Å². The molecule has 0 saturated heterocycles. The van der Waals surface area contributed by atoms with Gasteiger partial charge in [0, 0.05) is 16.3 Å². The summed E-state index contributed by atoms with van der Waals surface area (Å²) in [5.41, 5.74) is 0. The largest absolute Gasteiger partial charge is 0.454 e. The van der Waals surface area contributed by atoms with Crippen LogP contribution < -0.4 is 0 Å². The smallest absolute Gasteiger partial charge is 0.300 e. The van der Waals surface area contributed by atoms with Crippen molar-refractivity contribution in [2.75, 3.05) is 0 Å². The number of hydrogen-bond acceptors (Lipinski definition) is 3. The Balaban J connectivity index is 3.03. The highest BCUT2D eigenvalue weighted by Crippen LogP contribution is 2.45. The second-order valence-electron chi connectivity index (χ2n) is 4.45. The summed E-state index contributed by atoms with van der Waals surface area (Å²) in [5, 5.41) is -1.11. The number of benzene rings is 1. The lowest BCUT2D eigenvalue weighted by atomic mass is 9.96. The Labute approximate surface area is 132 Å². The summed E-state index contributed by atoms with van der Waals surface area (Å²) in [4.78, 5) is 22.9. The molecule has 122 valence electrons. The molecular weight excluding hydrogens is 351 g/mol. The molecule has 0 saturated carbocycles. The molecule has 0 aromatic heterocycles. The molecule has 9 heteroatoms. The van der Waals surface area contributed by atoms with Crippen molar-refractivity contribution in [3.05, 3.63) is 29.3 Å². The Morgan fingerprint density at radius 1 is 1.14 bits per heavy atom. The topological polar surface area (TPSA) is 34.1 Å². The highest BCUT2D eigenvalue weighted by molar-refractivity contribution is 8.13. The zero-order valence-corrected chi connectivity index (χ0v) is 12.7. The third-order valence-corrected chi connectivity index (χ3v) is 3.87. The summed E-state index contributed by atoms with van der Waals surface area (Å²) < 4.78 is 64.2. The van der Waals surface area contributed by atoms with Gasteiger partial charge < -0.3 is 0 Å². The van der Waals surface area contributed by atoms with E-state index in [2.05, 4.69) is 0 Å². The first-order chi connectivity index (χ1) is 9.95. The maximum atomic E-state index is 13.4. The maximum absolute atomic E-state index is 13.4. The van der Waals surface area contributed by atoms with Crippen molar-refractivity contribution in [2.45, 2.75) is 30.3 Å². The molecule has 0 aliphatic rings. The number of ketones is 1. The molecule has 0 amide bonds. The number of alkyl halides is 5. The van der Waals surface area contributed by atoms with Crippen molar-refractivity contribution in [2.24, 2.45) is 5.92 Å². The summed E-state index contributed by atoms with van der Waals surface area (Å²) in [6.07, 6.45) is -7.10. The lowest BCUT2D eigenvalue weighted by molar-refractivity contribution is -0.297. The minimum absolute atomic E-state index is 0.154. The van der Waals surface area contributed by atoms with Crippen LogP contribution in [0.15, 0.2) is 29.2 Å². The number of carbonyl (C=O) groups excluding carboxylic acids is 2. The molecule has 0 fully saturated rings. The number of halogens is 6. The van der Waals surface area contributed by atoms with Gasteiger partial charge in [-0.1, -0.05) is 23.4 Å². The van der Waals surface area contributed by atoms with Crippen molar-refractivity contribution in [3.63, 3.8) is 0 Å². The van der Waals surface area contributed by atoms with Gasteiger partial charge in [-0.2, -0.15) is 22.0 Å². The third-order valence-electron chi connectivity index (χ3n) is 2.62. The third kappa shape index (κ3) is 4.67. The molecule has 1 unspecified atom stereocenters. The quantitative estimate of drug-likeness (QED) is 0.561. The van der Waals surface area contributed by atoms with E-state index in [1.807, 2.05) is 0 Å². The molecule has 0 N–H and O–H groups in total. The molecule has 0 spiro atoms. The summed E-state index contributed by atoms with van der Waals surface area (Å²) in [5.74, 6) is -8.99. The van der Waals surface area contributed by atoms with Gasteiger partial charge in [-0.15, -0.1) is 0 Å². The van der Waals surface area contributed by atoms with E-state index in [-0.39, 0.29) is 16.7 Å². The molecule has 0 aliphatic carbocycles. The molecule has 0 bridgehead atoms. The van der Waals surface area contributed by atoms with E-state index in [0.29, 0.717) is 5.02 Å². The van der Waals surface area contributed by atoms with E-state index in [4.69, 9.17) is 11.6 Å². The van der Waals surface area contributed by atoms with Gasteiger partial charge in [0.1, 0.15) is 11.7 Å². The van der Waals surface area contributed by atoms with Crippen LogP contribution in [-0.4, -0.2) is 23.0 Å². The van der Waals surface area contributed by atoms with Gasteiger partial charge in [0.2, 0.25) is 5.12 Å². The summed E-state index contributed by atoms with van der Waals surface area (Å²) in [6, 6.07) is 5.33. The van der Waals surface area contributed by atoms with Crippen LogP contribution in [0.1, 0.15) is 13.3 Å². The SMILES string of the molecule is CC(=O)CC(C(=O)Sc1ccc(Cl)cc1)C(F)(F)C(F)(F)F. The van der Waals surface area contributed by atoms with Crippen LogP contribution >= 0.6 is 23.4 Å². The van der Waals surface area contributed by atoms with Crippen LogP contribution in [-0.2, 0) is 9.59 Å². The van der Waals surface area contributed by atoms with E-state index in [1.165, 1.54) is 24.3 Å². The molecule has 1 aromatic carbocycles. The highest BCUT2D eigenvalue weighted by Gasteiger charge is 2.64. The predicted octanol–water partition coefficient (Wildman–Crippen LogP) is 4.75. The standard InChI is InChI=1S/C13H10ClF5O2S/c1-7(20)6-10(12(15,16)13(17,18)19)11(21)22-9-4-2-8(14)3-5-9/h2-5,10H,6H2,1H3. The second kappa shape index (κ2) is 6.95. The van der Waals surface area contributed by atoms with Crippen LogP contribution in [0, 0.1) is 5.92 Å². The van der Waals surface area contributed by atoms with Gasteiger partial charge in [0.15, 0.2) is 0 Å². The summed E-state index contributed by atoms with van der Waals surface area (Å²) in [7, 11) is 0. The van der Waals surface area contributed by atoms with Gasteiger partial charge in [0.05, 0.1) is 0 Å². The molecule has 0 aliphatic heterocycles. The fourth-order valence-electron chi connectivity index (χ4n) is 1.53. The normalized spacial score (nSPS) is 13.8. The fraction of sp³-hybridized carbons (Fsp3) is 0.385. The maximum Gasteiger partial charge on any atom is 0.454 e. The fourth-order valence-corrected chi connectivity index (χ4v) is 2.54. The van der Waals surface area contributed by atoms with E-state index in [1.54, 1.807) is 0 Å². The lowest BCUT2D eigenvalue weighted by Crippen LogP contribution is -2.46. The second-order valence-corrected chi connectivity index (χ2v) is 5.97. The zero-order chi connectivity index (χ0) is 17.1. The van der Waals surface area contributed by atoms with Crippen molar-refractivity contribution >= 4 is 34.3 Å². The average Bonchev–Trinajstić information content (AvgIpc) is 2.37. The first kappa shape index (κ1) is 18.9. The predicted molar refractivity (Wildman–Crippen MR) is 72.1 cm³/mol. The van der Waals surface area contributed by atoms with Crippen molar-refractivity contribution in [3.8, 4) is 0 Å². The molecule has 1 rings (SSSR count). The number of rotatable bonds is 5. The van der Waals surface area contributed by atoms with E-state index < -0.39 is 35.3 Å². The van der Waals surface area contributed by atoms with Crippen LogP contribution in [0.4, 0.5) is 22.0 Å². The molecular formula is C13H10ClF5O2S. The monoisotopic (exact) mass is 360 g/mol. The van der Waals surface area contributed by atoms with Crippen LogP contribution in [0.3, 0.4) is 0 Å². The zero-order valence-electron chi connectivity index (χ0n) is 11.1. The molecule has 1 aromatic rings. The molecule has 0 radical (unpaired) electrons. The molecule has 0 heterocycles. The Hall–Kier alpha value is -1.15. The number of thioether (sulfide) groups is 1. The number of hydrogen-bond donors (Lipinski definition) is 0. The Kier molecular flexibility index (Phi) is 5.97. The van der Waals surface area contributed by atoms with E-state index in [0.717, 1.165) is 6.92 Å². The first-order valence-corrected chi connectivity index (χ1v) is 7.06. The molecule has 2 nitrogen and oxygen atoms in total. The van der Waals surface area contributed by atoms with E-state index >= 15 is 0 Å². The van der Waals surface area contributed by atoms with Gasteiger partial charge in [-0.05, 0) is 31.2 Å². The van der Waals surface area contributed by atoms with Crippen molar-refractivity contribution < 1.29 is 31.5 Å². The lowest BCUT2D eigenvalue weighted by Gasteiger charge is -2.26. The van der Waals surface area contributed by atoms with Crippen molar-refractivity contribution in [1.82, 2.24) is 0 Å².